The molecule has 19 heavy (non-hydrogen) atoms. The number of benzene rings is 1. The van der Waals surface area contributed by atoms with Crippen molar-refractivity contribution in [2.45, 2.75) is 25.2 Å². The molecule has 1 aromatic rings. The highest BCUT2D eigenvalue weighted by Crippen LogP contribution is 2.35. The van der Waals surface area contributed by atoms with E-state index in [-0.39, 0.29) is 10.3 Å². The van der Waals surface area contributed by atoms with Crippen molar-refractivity contribution < 1.29 is 8.42 Å². The van der Waals surface area contributed by atoms with Crippen molar-refractivity contribution in [1.82, 2.24) is 4.31 Å². The maximum Gasteiger partial charge on any atom is 0.244 e. The first-order chi connectivity index (χ1) is 8.80. The van der Waals surface area contributed by atoms with Gasteiger partial charge in [0.25, 0.3) is 0 Å². The van der Waals surface area contributed by atoms with Crippen molar-refractivity contribution in [3.8, 4) is 0 Å². The molecule has 0 spiro atoms. The van der Waals surface area contributed by atoms with Crippen LogP contribution in [0, 0.1) is 12.3 Å². The number of aryl methyl sites for hydroxylation is 1. The minimum Gasteiger partial charge on any atom is -0.330 e. The first-order valence-electron chi connectivity index (χ1n) is 6.25. The lowest BCUT2D eigenvalue weighted by molar-refractivity contribution is 0.349. The molecule has 1 atom stereocenters. The number of hydrogen-bond acceptors (Lipinski definition) is 3. The van der Waals surface area contributed by atoms with Crippen LogP contribution in [0.4, 0.5) is 0 Å². The number of rotatable bonds is 3. The molecule has 1 unspecified atom stereocenters. The Hall–Kier alpha value is -0.620. The molecule has 2 rings (SSSR count). The fourth-order valence-electron chi connectivity index (χ4n) is 2.31. The highest BCUT2D eigenvalue weighted by Gasteiger charge is 2.39. The van der Waals surface area contributed by atoms with Crippen molar-refractivity contribution in [2.24, 2.45) is 11.1 Å². The SMILES string of the molecule is Cc1cccc(S(=O)(=O)N2CCC(C)(CN)C2)c1Cl. The largest absolute Gasteiger partial charge is 0.330 e. The highest BCUT2D eigenvalue weighted by molar-refractivity contribution is 7.89. The standard InChI is InChI=1S/C13H19ClN2O2S/c1-10-4-3-5-11(12(10)14)19(17,18)16-7-6-13(2,8-15)9-16/h3-5H,6-9,15H2,1-2H3. The summed E-state index contributed by atoms with van der Waals surface area (Å²) in [6.07, 6.45) is 0.784. The Morgan fingerprint density at radius 3 is 2.74 bits per heavy atom. The van der Waals surface area contributed by atoms with Crippen LogP contribution in [0.1, 0.15) is 18.9 Å². The minimum atomic E-state index is -3.53. The van der Waals surface area contributed by atoms with Crippen LogP contribution in [-0.2, 0) is 10.0 Å². The Morgan fingerprint density at radius 1 is 1.47 bits per heavy atom. The first-order valence-corrected chi connectivity index (χ1v) is 8.07. The van der Waals surface area contributed by atoms with Crippen LogP contribution < -0.4 is 5.73 Å². The van der Waals surface area contributed by atoms with E-state index in [0.29, 0.717) is 24.7 Å². The monoisotopic (exact) mass is 302 g/mol. The number of hydrogen-bond donors (Lipinski definition) is 1. The summed E-state index contributed by atoms with van der Waals surface area (Å²) < 4.78 is 26.7. The third kappa shape index (κ3) is 2.65. The number of nitrogens with zero attached hydrogens (tertiary/aromatic N) is 1. The van der Waals surface area contributed by atoms with Crippen LogP contribution in [0.3, 0.4) is 0 Å². The van der Waals surface area contributed by atoms with Crippen molar-refractivity contribution in [2.75, 3.05) is 19.6 Å². The van der Waals surface area contributed by atoms with E-state index in [2.05, 4.69) is 0 Å². The maximum absolute atomic E-state index is 12.6. The molecule has 1 aliphatic rings. The molecular weight excluding hydrogens is 284 g/mol. The summed E-state index contributed by atoms with van der Waals surface area (Å²) >= 11 is 6.13. The molecule has 1 aromatic carbocycles. The van der Waals surface area contributed by atoms with Gasteiger partial charge in [0.2, 0.25) is 10.0 Å². The van der Waals surface area contributed by atoms with Crippen molar-refractivity contribution in [3.05, 3.63) is 28.8 Å². The number of halogens is 1. The first kappa shape index (κ1) is 14.8. The fourth-order valence-corrected chi connectivity index (χ4v) is 4.46. The van der Waals surface area contributed by atoms with Crippen LogP contribution >= 0.6 is 11.6 Å². The molecular formula is C13H19ClN2O2S. The Kier molecular flexibility index (Phi) is 3.93. The van der Waals surface area contributed by atoms with E-state index in [4.69, 9.17) is 17.3 Å². The predicted octanol–water partition coefficient (Wildman–Crippen LogP) is 2.01. The molecule has 0 bridgehead atoms. The smallest absolute Gasteiger partial charge is 0.244 e. The molecule has 4 nitrogen and oxygen atoms in total. The van der Waals surface area contributed by atoms with Gasteiger partial charge in [0.05, 0.1) is 5.02 Å². The number of sulfonamides is 1. The maximum atomic E-state index is 12.6. The molecule has 1 saturated heterocycles. The van der Waals surface area contributed by atoms with Crippen molar-refractivity contribution >= 4 is 21.6 Å². The van der Waals surface area contributed by atoms with Gasteiger partial charge < -0.3 is 5.73 Å². The lowest BCUT2D eigenvalue weighted by Gasteiger charge is -2.22. The third-order valence-corrected chi connectivity index (χ3v) is 6.29. The number of nitrogens with two attached hydrogens (primary N) is 1. The third-order valence-electron chi connectivity index (χ3n) is 3.79. The van der Waals surface area contributed by atoms with Gasteiger partial charge in [0, 0.05) is 13.1 Å². The summed E-state index contributed by atoms with van der Waals surface area (Å²) in [5.41, 5.74) is 6.35. The second-order valence-corrected chi connectivity index (χ2v) is 7.77. The average Bonchev–Trinajstić information content (AvgIpc) is 2.77. The second kappa shape index (κ2) is 5.05. The summed E-state index contributed by atoms with van der Waals surface area (Å²) in [7, 11) is -3.53. The van der Waals surface area contributed by atoms with E-state index in [0.717, 1.165) is 12.0 Å². The van der Waals surface area contributed by atoms with Crippen LogP contribution in [-0.4, -0.2) is 32.4 Å². The lowest BCUT2D eigenvalue weighted by atomic mass is 9.90. The Morgan fingerprint density at radius 2 is 2.16 bits per heavy atom. The van der Waals surface area contributed by atoms with Gasteiger partial charge >= 0.3 is 0 Å². The summed E-state index contributed by atoms with van der Waals surface area (Å²) in [6, 6.07) is 5.07. The van der Waals surface area contributed by atoms with E-state index < -0.39 is 10.0 Å². The summed E-state index contributed by atoms with van der Waals surface area (Å²) in [6.45, 7) is 5.26. The van der Waals surface area contributed by atoms with Gasteiger partial charge in [-0.2, -0.15) is 4.31 Å². The van der Waals surface area contributed by atoms with E-state index in [1.807, 2.05) is 6.92 Å². The summed E-state index contributed by atoms with van der Waals surface area (Å²) in [5.74, 6) is 0. The molecule has 1 fully saturated rings. The van der Waals surface area contributed by atoms with E-state index >= 15 is 0 Å². The molecule has 1 aliphatic heterocycles. The zero-order valence-corrected chi connectivity index (χ0v) is 12.8. The summed E-state index contributed by atoms with van der Waals surface area (Å²) in [5, 5.41) is 0.309. The van der Waals surface area contributed by atoms with Gasteiger partial charge in [0.1, 0.15) is 4.90 Å². The zero-order valence-electron chi connectivity index (χ0n) is 11.2. The van der Waals surface area contributed by atoms with E-state index in [1.54, 1.807) is 25.1 Å². The van der Waals surface area contributed by atoms with Crippen LogP contribution in [0.15, 0.2) is 23.1 Å². The van der Waals surface area contributed by atoms with Gasteiger partial charge in [0.15, 0.2) is 0 Å². The van der Waals surface area contributed by atoms with Crippen LogP contribution in [0.2, 0.25) is 5.02 Å². The molecule has 0 radical (unpaired) electrons. The topological polar surface area (TPSA) is 63.4 Å². The minimum absolute atomic E-state index is 0.136. The molecule has 0 amide bonds. The molecule has 106 valence electrons. The molecule has 1 heterocycles. The fraction of sp³-hybridized carbons (Fsp3) is 0.538. The van der Waals surface area contributed by atoms with Gasteiger partial charge in [-0.1, -0.05) is 30.7 Å². The Balaban J connectivity index is 2.37. The van der Waals surface area contributed by atoms with Crippen molar-refractivity contribution in [1.29, 1.82) is 0 Å². The van der Waals surface area contributed by atoms with Crippen LogP contribution in [0.5, 0.6) is 0 Å². The normalized spacial score (nSPS) is 24.8. The Bertz CT molecular complexity index is 588. The molecule has 0 saturated carbocycles. The Labute approximate surface area is 119 Å². The molecule has 2 N–H and O–H groups in total. The van der Waals surface area contributed by atoms with Gasteiger partial charge in [-0.25, -0.2) is 8.42 Å². The molecule has 0 aliphatic carbocycles. The van der Waals surface area contributed by atoms with Gasteiger partial charge in [-0.3, -0.25) is 0 Å². The predicted molar refractivity (Wildman–Crippen MR) is 76.7 cm³/mol. The van der Waals surface area contributed by atoms with Gasteiger partial charge in [-0.15, -0.1) is 0 Å². The second-order valence-electron chi connectivity index (χ2n) is 5.49. The zero-order chi connectivity index (χ0) is 14.3. The van der Waals surface area contributed by atoms with Crippen LogP contribution in [0.25, 0.3) is 0 Å². The molecule has 6 heteroatoms. The highest BCUT2D eigenvalue weighted by atomic mass is 35.5. The van der Waals surface area contributed by atoms with E-state index in [1.165, 1.54) is 4.31 Å². The molecule has 0 aromatic heterocycles. The average molecular weight is 303 g/mol. The lowest BCUT2D eigenvalue weighted by Crippen LogP contribution is -2.34. The van der Waals surface area contributed by atoms with E-state index in [9.17, 15) is 8.42 Å². The van der Waals surface area contributed by atoms with Crippen molar-refractivity contribution in [3.63, 3.8) is 0 Å². The quantitative estimate of drug-likeness (QED) is 0.929. The van der Waals surface area contributed by atoms with Gasteiger partial charge in [-0.05, 0) is 36.9 Å². The summed E-state index contributed by atoms with van der Waals surface area (Å²) in [4.78, 5) is 0.190.